The van der Waals surface area contributed by atoms with E-state index in [2.05, 4.69) is 10.4 Å². The Morgan fingerprint density at radius 3 is 2.50 bits per heavy atom. The average molecular weight is 389 g/mol. The average Bonchev–Trinajstić information content (AvgIpc) is 3.00. The van der Waals surface area contributed by atoms with Crippen LogP contribution in [0.4, 0.5) is 13.2 Å². The van der Waals surface area contributed by atoms with Gasteiger partial charge in [-0.25, -0.2) is 4.68 Å². The predicted octanol–water partition coefficient (Wildman–Crippen LogP) is 3.06. The number of rotatable bonds is 2. The van der Waals surface area contributed by atoms with Gasteiger partial charge in [0.2, 0.25) is 0 Å². The van der Waals surface area contributed by atoms with Crippen LogP contribution in [-0.2, 0) is 6.18 Å². The Balaban J connectivity index is 0.00000243. The summed E-state index contributed by atoms with van der Waals surface area (Å²) >= 11 is 0. The second-order valence-electron chi connectivity index (χ2n) is 6.26. The van der Waals surface area contributed by atoms with E-state index in [1.54, 1.807) is 24.3 Å². The summed E-state index contributed by atoms with van der Waals surface area (Å²) in [7, 11) is 0. The van der Waals surface area contributed by atoms with Gasteiger partial charge in [-0.2, -0.15) is 18.3 Å². The largest absolute Gasteiger partial charge is 0.434 e. The van der Waals surface area contributed by atoms with E-state index < -0.39 is 23.3 Å². The van der Waals surface area contributed by atoms with Crippen molar-refractivity contribution in [3.63, 3.8) is 0 Å². The third-order valence-electron chi connectivity index (χ3n) is 4.20. The first-order chi connectivity index (χ1) is 11.8. The SMILES string of the molecule is Cc1ccc(-n2ncc(C(=O)N3CCNC(C)C3)c2C(F)(F)F)cc1.Cl. The van der Waals surface area contributed by atoms with E-state index >= 15 is 0 Å². The first-order valence-corrected chi connectivity index (χ1v) is 8.02. The van der Waals surface area contributed by atoms with Crippen molar-refractivity contribution >= 4 is 18.3 Å². The van der Waals surface area contributed by atoms with E-state index in [4.69, 9.17) is 0 Å². The number of piperazine rings is 1. The Morgan fingerprint density at radius 1 is 1.27 bits per heavy atom. The highest BCUT2D eigenvalue weighted by atomic mass is 35.5. The molecule has 9 heteroatoms. The fourth-order valence-electron chi connectivity index (χ4n) is 2.95. The fraction of sp³-hybridized carbons (Fsp3) is 0.412. The zero-order chi connectivity index (χ0) is 18.2. The third-order valence-corrected chi connectivity index (χ3v) is 4.20. The molecule has 26 heavy (non-hydrogen) atoms. The van der Waals surface area contributed by atoms with E-state index in [1.165, 1.54) is 4.90 Å². The van der Waals surface area contributed by atoms with Gasteiger partial charge in [0.1, 0.15) is 0 Å². The van der Waals surface area contributed by atoms with Crippen LogP contribution in [-0.4, -0.2) is 46.3 Å². The summed E-state index contributed by atoms with van der Waals surface area (Å²) < 4.78 is 41.8. The molecule has 1 N–H and O–H groups in total. The molecular formula is C17H20ClF3N4O. The number of nitrogens with zero attached hydrogens (tertiary/aromatic N) is 3. The van der Waals surface area contributed by atoms with Crippen molar-refractivity contribution in [2.45, 2.75) is 26.1 Å². The van der Waals surface area contributed by atoms with E-state index in [9.17, 15) is 18.0 Å². The number of nitrogens with one attached hydrogen (secondary N) is 1. The molecule has 3 rings (SSSR count). The Hall–Kier alpha value is -2.06. The summed E-state index contributed by atoms with van der Waals surface area (Å²) in [6.45, 7) is 5.03. The molecule has 0 saturated carbocycles. The zero-order valence-electron chi connectivity index (χ0n) is 14.4. The number of aryl methyl sites for hydroxylation is 1. The Kier molecular flexibility index (Phi) is 5.98. The minimum atomic E-state index is -4.69. The molecule has 1 fully saturated rings. The van der Waals surface area contributed by atoms with Crippen LogP contribution in [0.25, 0.3) is 5.69 Å². The van der Waals surface area contributed by atoms with Gasteiger partial charge < -0.3 is 10.2 Å². The summed E-state index contributed by atoms with van der Waals surface area (Å²) in [6, 6.07) is 6.56. The van der Waals surface area contributed by atoms with Gasteiger partial charge in [0.05, 0.1) is 17.4 Å². The smallest absolute Gasteiger partial charge is 0.336 e. The van der Waals surface area contributed by atoms with Gasteiger partial charge in [0, 0.05) is 25.7 Å². The first kappa shape index (κ1) is 20.3. The summed E-state index contributed by atoms with van der Waals surface area (Å²) in [5.74, 6) is -0.640. The minimum absolute atomic E-state index is 0. The molecule has 1 aliphatic rings. The number of carbonyl (C=O) groups excluding carboxylic acids is 1. The summed E-state index contributed by atoms with van der Waals surface area (Å²) in [6.07, 6.45) is -3.68. The fourth-order valence-corrected chi connectivity index (χ4v) is 2.95. The number of aromatic nitrogens is 2. The molecule has 1 unspecified atom stereocenters. The third kappa shape index (κ3) is 4.02. The lowest BCUT2D eigenvalue weighted by atomic mass is 10.1. The van der Waals surface area contributed by atoms with Gasteiger partial charge in [-0.1, -0.05) is 17.7 Å². The van der Waals surface area contributed by atoms with Crippen molar-refractivity contribution in [2.75, 3.05) is 19.6 Å². The van der Waals surface area contributed by atoms with Gasteiger partial charge in [0.25, 0.3) is 5.91 Å². The molecule has 2 heterocycles. The number of hydrogen-bond donors (Lipinski definition) is 1. The molecule has 1 aromatic carbocycles. The number of amides is 1. The van der Waals surface area contributed by atoms with E-state index in [0.29, 0.717) is 19.6 Å². The van der Waals surface area contributed by atoms with Crippen LogP contribution in [0, 0.1) is 6.92 Å². The molecule has 1 aliphatic heterocycles. The van der Waals surface area contributed by atoms with Crippen molar-refractivity contribution in [2.24, 2.45) is 0 Å². The van der Waals surface area contributed by atoms with Crippen LogP contribution in [0.3, 0.4) is 0 Å². The van der Waals surface area contributed by atoms with Crippen molar-refractivity contribution in [1.82, 2.24) is 20.0 Å². The molecule has 2 aromatic rings. The standard InChI is InChI=1S/C17H19F3N4O.ClH/c1-11-3-5-13(6-4-11)24-15(17(18,19)20)14(9-22-24)16(25)23-8-7-21-12(2)10-23;/h3-6,9,12,21H,7-8,10H2,1-2H3;1H. The number of carbonyl (C=O) groups is 1. The maximum Gasteiger partial charge on any atom is 0.434 e. The molecule has 0 bridgehead atoms. The molecule has 1 amide bonds. The number of alkyl halides is 3. The van der Waals surface area contributed by atoms with E-state index in [1.807, 2.05) is 13.8 Å². The van der Waals surface area contributed by atoms with Crippen molar-refractivity contribution in [3.05, 3.63) is 47.3 Å². The lowest BCUT2D eigenvalue weighted by molar-refractivity contribution is -0.143. The number of hydrogen-bond acceptors (Lipinski definition) is 3. The van der Waals surface area contributed by atoms with E-state index in [-0.39, 0.29) is 24.1 Å². The van der Waals surface area contributed by atoms with Gasteiger partial charge in [-0.3, -0.25) is 4.79 Å². The van der Waals surface area contributed by atoms with Gasteiger partial charge in [-0.05, 0) is 26.0 Å². The van der Waals surface area contributed by atoms with Crippen LogP contribution in [0.2, 0.25) is 0 Å². The molecule has 0 aliphatic carbocycles. The summed E-state index contributed by atoms with van der Waals surface area (Å²) in [4.78, 5) is 14.1. The lowest BCUT2D eigenvalue weighted by Crippen LogP contribution is -2.51. The molecular weight excluding hydrogens is 369 g/mol. The minimum Gasteiger partial charge on any atom is -0.336 e. The Morgan fingerprint density at radius 2 is 1.92 bits per heavy atom. The number of benzene rings is 1. The molecule has 0 spiro atoms. The van der Waals surface area contributed by atoms with Crippen molar-refractivity contribution in [1.29, 1.82) is 0 Å². The normalized spacial score (nSPS) is 17.7. The monoisotopic (exact) mass is 388 g/mol. The van der Waals surface area contributed by atoms with Crippen LogP contribution >= 0.6 is 12.4 Å². The second-order valence-corrected chi connectivity index (χ2v) is 6.26. The van der Waals surface area contributed by atoms with Gasteiger partial charge in [0.15, 0.2) is 5.69 Å². The highest BCUT2D eigenvalue weighted by Crippen LogP contribution is 2.34. The highest BCUT2D eigenvalue weighted by molar-refractivity contribution is 5.95. The second kappa shape index (κ2) is 7.67. The lowest BCUT2D eigenvalue weighted by Gasteiger charge is -2.32. The first-order valence-electron chi connectivity index (χ1n) is 8.02. The van der Waals surface area contributed by atoms with Crippen LogP contribution in [0.5, 0.6) is 0 Å². The summed E-state index contributed by atoms with van der Waals surface area (Å²) in [5.41, 5.74) is -0.254. The quantitative estimate of drug-likeness (QED) is 0.860. The molecule has 1 aromatic heterocycles. The molecule has 0 radical (unpaired) electrons. The maximum absolute atomic E-state index is 13.7. The summed E-state index contributed by atoms with van der Waals surface area (Å²) in [5, 5.41) is 7.01. The number of halogens is 4. The van der Waals surface area contributed by atoms with Gasteiger partial charge >= 0.3 is 6.18 Å². The Labute approximate surface area is 155 Å². The molecule has 1 saturated heterocycles. The Bertz CT molecular complexity index is 773. The molecule has 142 valence electrons. The van der Waals surface area contributed by atoms with Gasteiger partial charge in [-0.15, -0.1) is 12.4 Å². The van der Waals surface area contributed by atoms with Crippen LogP contribution in [0.1, 0.15) is 28.5 Å². The molecule has 1 atom stereocenters. The molecule has 5 nitrogen and oxygen atoms in total. The maximum atomic E-state index is 13.7. The van der Waals surface area contributed by atoms with E-state index in [0.717, 1.165) is 16.4 Å². The predicted molar refractivity (Wildman–Crippen MR) is 93.9 cm³/mol. The van der Waals surface area contributed by atoms with Crippen molar-refractivity contribution < 1.29 is 18.0 Å². The van der Waals surface area contributed by atoms with Crippen molar-refractivity contribution in [3.8, 4) is 5.69 Å². The zero-order valence-corrected chi connectivity index (χ0v) is 15.2. The highest BCUT2D eigenvalue weighted by Gasteiger charge is 2.41. The van der Waals surface area contributed by atoms with Crippen LogP contribution in [0.15, 0.2) is 30.5 Å². The topological polar surface area (TPSA) is 50.2 Å². The van der Waals surface area contributed by atoms with Crippen LogP contribution < -0.4 is 5.32 Å².